The summed E-state index contributed by atoms with van der Waals surface area (Å²) in [6.45, 7) is 1.81. The maximum atomic E-state index is 14.8. The highest BCUT2D eigenvalue weighted by atomic mass is 32.1. The fraction of sp³-hybridized carbons (Fsp3) is 0.222. The number of fused-ring (bicyclic) bond motifs is 2. The Balaban J connectivity index is 1.24. The van der Waals surface area contributed by atoms with Gasteiger partial charge in [-0.05, 0) is 36.8 Å². The molecule has 0 radical (unpaired) electrons. The molecule has 3 heterocycles. The number of aryl methyl sites for hydroxylation is 1. The minimum Gasteiger partial charge on any atom is -0.487 e. The van der Waals surface area contributed by atoms with Crippen LogP contribution in [-0.4, -0.2) is 58.1 Å². The third-order valence-electron chi connectivity index (χ3n) is 5.66. The van der Waals surface area contributed by atoms with Crippen LogP contribution in [0.2, 0.25) is 0 Å². The van der Waals surface area contributed by atoms with E-state index >= 15 is 0 Å². The Bertz CT molecular complexity index is 1640. The van der Waals surface area contributed by atoms with Gasteiger partial charge < -0.3 is 19.3 Å². The summed E-state index contributed by atoms with van der Waals surface area (Å²) in [7, 11) is 1.54. The van der Waals surface area contributed by atoms with Crippen LogP contribution < -0.4 is 14.8 Å². The highest BCUT2D eigenvalue weighted by Crippen LogP contribution is 2.37. The normalized spacial score (nSPS) is 11.1. The van der Waals surface area contributed by atoms with E-state index in [0.29, 0.717) is 45.2 Å². The Morgan fingerprint density at radius 1 is 1.08 bits per heavy atom. The largest absolute Gasteiger partial charge is 0.487 e. The topological polar surface area (TPSA) is 129 Å². The van der Waals surface area contributed by atoms with Crippen molar-refractivity contribution in [3.05, 3.63) is 65.9 Å². The van der Waals surface area contributed by atoms with Crippen LogP contribution in [0, 0.1) is 12.7 Å². The molecule has 39 heavy (non-hydrogen) atoms. The van der Waals surface area contributed by atoms with E-state index in [1.54, 1.807) is 24.4 Å². The number of methoxy groups -OCH3 is 1. The Labute approximate surface area is 226 Å². The van der Waals surface area contributed by atoms with Gasteiger partial charge in [0.15, 0.2) is 11.6 Å². The molecule has 3 aromatic heterocycles. The lowest BCUT2D eigenvalue weighted by Crippen LogP contribution is -2.18. The van der Waals surface area contributed by atoms with Crippen LogP contribution >= 0.6 is 11.3 Å². The van der Waals surface area contributed by atoms with Crippen molar-refractivity contribution in [2.75, 3.05) is 32.2 Å². The van der Waals surface area contributed by atoms with Gasteiger partial charge in [-0.3, -0.25) is 10.3 Å². The van der Waals surface area contributed by atoms with Gasteiger partial charge in [-0.25, -0.2) is 24.1 Å². The molecular formula is C27H24FN5O5S. The number of amides is 1. The van der Waals surface area contributed by atoms with Crippen LogP contribution in [0.1, 0.15) is 11.3 Å². The summed E-state index contributed by atoms with van der Waals surface area (Å²) in [6.07, 6.45) is 2.76. The number of rotatable bonds is 9. The molecule has 0 saturated heterocycles. The summed E-state index contributed by atoms with van der Waals surface area (Å²) in [5.74, 6) is -0.126. The van der Waals surface area contributed by atoms with E-state index < -0.39 is 11.9 Å². The molecule has 0 atom stereocenters. The molecule has 0 fully saturated rings. The number of hydrogen-bond donors (Lipinski definition) is 2. The zero-order valence-corrected chi connectivity index (χ0v) is 21.9. The summed E-state index contributed by atoms with van der Waals surface area (Å²) in [5, 5.41) is 12.2. The van der Waals surface area contributed by atoms with E-state index in [9.17, 15) is 9.18 Å². The lowest BCUT2D eigenvalue weighted by molar-refractivity contribution is 0.136. The average molecular weight is 550 g/mol. The lowest BCUT2D eigenvalue weighted by Gasteiger charge is -2.09. The number of nitrogens with one attached hydrogen (secondary N) is 1. The van der Waals surface area contributed by atoms with Gasteiger partial charge in [-0.15, -0.1) is 11.3 Å². The van der Waals surface area contributed by atoms with Crippen molar-refractivity contribution in [2.24, 2.45) is 0 Å². The van der Waals surface area contributed by atoms with Crippen molar-refractivity contribution >= 4 is 44.4 Å². The zero-order valence-electron chi connectivity index (χ0n) is 21.1. The molecular weight excluding hydrogens is 525 g/mol. The van der Waals surface area contributed by atoms with E-state index in [0.717, 1.165) is 15.8 Å². The molecule has 0 aliphatic heterocycles. The highest BCUT2D eigenvalue weighted by Gasteiger charge is 2.16. The molecule has 2 aromatic carbocycles. The number of halogens is 1. The Kier molecular flexibility index (Phi) is 7.75. The molecule has 0 aliphatic rings. The Hall–Kier alpha value is -4.42. The molecule has 2 N–H and O–H groups in total. The molecule has 1 amide bonds. The van der Waals surface area contributed by atoms with E-state index in [1.165, 1.54) is 30.7 Å². The minimum atomic E-state index is -0.690. The van der Waals surface area contributed by atoms with Crippen LogP contribution in [-0.2, 0) is 11.2 Å². The molecule has 12 heteroatoms. The highest BCUT2D eigenvalue weighted by molar-refractivity contribution is 7.21. The molecule has 5 aromatic rings. The summed E-state index contributed by atoms with van der Waals surface area (Å²) in [4.78, 5) is 29.7. The lowest BCUT2D eigenvalue weighted by atomic mass is 10.1. The van der Waals surface area contributed by atoms with Gasteiger partial charge >= 0.3 is 6.09 Å². The quantitative estimate of drug-likeness (QED) is 0.246. The van der Waals surface area contributed by atoms with Crippen LogP contribution in [0.3, 0.4) is 0 Å². The van der Waals surface area contributed by atoms with Crippen molar-refractivity contribution in [3.63, 3.8) is 0 Å². The Morgan fingerprint density at radius 3 is 2.72 bits per heavy atom. The smallest absolute Gasteiger partial charge is 0.411 e. The van der Waals surface area contributed by atoms with Crippen molar-refractivity contribution in [1.82, 2.24) is 19.9 Å². The number of benzene rings is 2. The number of aliphatic hydroxyl groups is 1. The van der Waals surface area contributed by atoms with Crippen molar-refractivity contribution in [1.29, 1.82) is 0 Å². The first-order chi connectivity index (χ1) is 18.9. The fourth-order valence-electron chi connectivity index (χ4n) is 3.87. The van der Waals surface area contributed by atoms with Gasteiger partial charge in [0.1, 0.15) is 18.2 Å². The molecule has 10 nitrogen and oxygen atoms in total. The number of ether oxygens (including phenoxy) is 3. The molecule has 200 valence electrons. The first kappa shape index (κ1) is 26.2. The number of aromatic nitrogens is 4. The van der Waals surface area contributed by atoms with Gasteiger partial charge in [-0.2, -0.15) is 0 Å². The number of anilines is 1. The second-order valence-electron chi connectivity index (χ2n) is 8.48. The molecule has 0 spiro atoms. The van der Waals surface area contributed by atoms with E-state index in [-0.39, 0.29) is 25.6 Å². The standard InChI is InChI=1S/C27H24FN5O5S/c1-15-9-18(25-21(10-15)32-24(36-2)14-30-25)26-33-20-11-19(28)22(12-23(20)39-26)37-7-8-38-27(35)31-17-4-3-16(5-6-34)29-13-17/h3-4,9-14,34H,5-8H2,1-2H3,(H,31,35). The van der Waals surface area contributed by atoms with Crippen LogP contribution in [0.25, 0.3) is 31.8 Å². The van der Waals surface area contributed by atoms with Crippen LogP contribution in [0.15, 0.2) is 48.8 Å². The van der Waals surface area contributed by atoms with E-state index in [2.05, 4.69) is 25.3 Å². The number of nitrogens with zero attached hydrogens (tertiary/aromatic N) is 4. The van der Waals surface area contributed by atoms with Crippen molar-refractivity contribution in [3.8, 4) is 22.2 Å². The third kappa shape index (κ3) is 6.02. The van der Waals surface area contributed by atoms with Gasteiger partial charge in [0.05, 0.1) is 46.4 Å². The second-order valence-corrected chi connectivity index (χ2v) is 9.51. The molecule has 0 aliphatic carbocycles. The molecule has 5 rings (SSSR count). The van der Waals surface area contributed by atoms with Gasteiger partial charge in [0.25, 0.3) is 0 Å². The minimum absolute atomic E-state index is 0.00534. The maximum absolute atomic E-state index is 14.8. The average Bonchev–Trinajstić information content (AvgIpc) is 3.34. The summed E-state index contributed by atoms with van der Waals surface area (Å²) < 4.78 is 31.3. The third-order valence-corrected chi connectivity index (χ3v) is 6.72. The van der Waals surface area contributed by atoms with Crippen molar-refractivity contribution in [2.45, 2.75) is 13.3 Å². The predicted octanol–water partition coefficient (Wildman–Crippen LogP) is 4.92. The first-order valence-electron chi connectivity index (χ1n) is 12.0. The number of carbonyl (C=O) groups excluding carboxylic acids is 1. The number of carbonyl (C=O) groups is 1. The molecule has 0 unspecified atom stereocenters. The van der Waals surface area contributed by atoms with Crippen molar-refractivity contribution < 1.29 is 28.5 Å². The number of hydrogen-bond acceptors (Lipinski definition) is 10. The second kappa shape index (κ2) is 11.5. The summed E-state index contributed by atoms with van der Waals surface area (Å²) in [5.41, 5.74) is 4.77. The van der Waals surface area contributed by atoms with Gasteiger partial charge in [0.2, 0.25) is 5.88 Å². The number of pyridine rings is 1. The van der Waals surface area contributed by atoms with Gasteiger partial charge in [0, 0.05) is 36.4 Å². The number of thiazole rings is 1. The molecule has 0 bridgehead atoms. The predicted molar refractivity (Wildman–Crippen MR) is 145 cm³/mol. The SMILES string of the molecule is COc1cnc2c(-c3nc4cc(F)c(OCCOC(=O)Nc5ccc(CCO)nc5)cc4s3)cc(C)cc2n1. The number of aliphatic hydroxyl groups excluding tert-OH is 1. The monoisotopic (exact) mass is 549 g/mol. The molecule has 0 saturated carbocycles. The van der Waals surface area contributed by atoms with E-state index in [1.807, 2.05) is 19.1 Å². The fourth-order valence-corrected chi connectivity index (χ4v) is 4.86. The van der Waals surface area contributed by atoms with Crippen LogP contribution in [0.4, 0.5) is 14.9 Å². The Morgan fingerprint density at radius 2 is 1.95 bits per heavy atom. The van der Waals surface area contributed by atoms with E-state index in [4.69, 9.17) is 19.3 Å². The first-order valence-corrected chi connectivity index (χ1v) is 12.8. The zero-order chi connectivity index (χ0) is 27.4. The van der Waals surface area contributed by atoms with Gasteiger partial charge in [-0.1, -0.05) is 0 Å². The van der Waals surface area contributed by atoms with Crippen LogP contribution in [0.5, 0.6) is 11.6 Å². The summed E-state index contributed by atoms with van der Waals surface area (Å²) in [6, 6.07) is 10.1. The summed E-state index contributed by atoms with van der Waals surface area (Å²) >= 11 is 1.38. The maximum Gasteiger partial charge on any atom is 0.411 e.